The zero-order valence-electron chi connectivity index (χ0n) is 10.8. The molecule has 0 radical (unpaired) electrons. The molecule has 0 unspecified atom stereocenters. The maximum Gasteiger partial charge on any atom is 0.243 e. The Labute approximate surface area is 99.9 Å². The molecule has 0 aromatic carbocycles. The monoisotopic (exact) mass is 226 g/mol. The largest absolute Gasteiger partial charge is 0.353 e. The van der Waals surface area contributed by atoms with E-state index in [4.69, 9.17) is 0 Å². The molecule has 0 spiro atoms. The highest BCUT2D eigenvalue weighted by Crippen LogP contribution is 1.98. The lowest BCUT2D eigenvalue weighted by molar-refractivity contribution is -0.116. The van der Waals surface area contributed by atoms with Crippen molar-refractivity contribution in [1.29, 1.82) is 0 Å². The van der Waals surface area contributed by atoms with Crippen LogP contribution in [0, 0.1) is 0 Å². The Hall–Kier alpha value is -0.830. The van der Waals surface area contributed by atoms with Crippen molar-refractivity contribution in [2.24, 2.45) is 0 Å². The van der Waals surface area contributed by atoms with Gasteiger partial charge in [-0.25, -0.2) is 0 Å². The van der Waals surface area contributed by atoms with Crippen LogP contribution in [0.1, 0.15) is 39.5 Å². The van der Waals surface area contributed by atoms with Gasteiger partial charge in [-0.15, -0.1) is 0 Å². The van der Waals surface area contributed by atoms with Crippen molar-refractivity contribution in [1.82, 2.24) is 10.2 Å². The predicted molar refractivity (Wildman–Crippen MR) is 69.5 cm³/mol. The molecular formula is C13H26N2O. The van der Waals surface area contributed by atoms with Crippen molar-refractivity contribution in [3.63, 3.8) is 0 Å². The van der Waals surface area contributed by atoms with Gasteiger partial charge in [0.15, 0.2) is 0 Å². The van der Waals surface area contributed by atoms with E-state index < -0.39 is 0 Å². The Morgan fingerprint density at radius 3 is 2.44 bits per heavy atom. The van der Waals surface area contributed by atoms with E-state index in [0.29, 0.717) is 0 Å². The van der Waals surface area contributed by atoms with Gasteiger partial charge >= 0.3 is 0 Å². The number of hydrogen-bond donors (Lipinski definition) is 1. The van der Waals surface area contributed by atoms with Crippen molar-refractivity contribution in [3.8, 4) is 0 Å². The molecule has 3 heteroatoms. The summed E-state index contributed by atoms with van der Waals surface area (Å²) in [5.41, 5.74) is 0. The Morgan fingerprint density at radius 2 is 1.88 bits per heavy atom. The van der Waals surface area contributed by atoms with Gasteiger partial charge in [-0.1, -0.05) is 26.8 Å². The van der Waals surface area contributed by atoms with Crippen molar-refractivity contribution in [2.45, 2.75) is 39.5 Å². The van der Waals surface area contributed by atoms with E-state index in [2.05, 4.69) is 30.6 Å². The lowest BCUT2D eigenvalue weighted by Crippen LogP contribution is -2.30. The number of rotatable bonds is 10. The lowest BCUT2D eigenvalue weighted by Gasteiger charge is -2.21. The van der Waals surface area contributed by atoms with Crippen LogP contribution in [0.5, 0.6) is 0 Å². The number of nitrogens with zero attached hydrogens (tertiary/aromatic N) is 1. The second-order valence-electron chi connectivity index (χ2n) is 4.04. The molecule has 94 valence electrons. The summed E-state index contributed by atoms with van der Waals surface area (Å²) < 4.78 is 0. The fraction of sp³-hybridized carbons (Fsp3) is 0.769. The average Bonchev–Trinajstić information content (AvgIpc) is 2.30. The van der Waals surface area contributed by atoms with Crippen molar-refractivity contribution < 1.29 is 4.79 Å². The number of nitrogens with one attached hydrogen (secondary N) is 1. The standard InChI is InChI=1S/C13H26N2O/c1-4-7-11-15(10-5-2)12-8-9-14-13(16)6-3/h6H,3-5,7-12H2,1-2H3,(H,14,16). The summed E-state index contributed by atoms with van der Waals surface area (Å²) >= 11 is 0. The van der Waals surface area contributed by atoms with Gasteiger partial charge in [0.1, 0.15) is 0 Å². The molecule has 0 rings (SSSR count). The average molecular weight is 226 g/mol. The summed E-state index contributed by atoms with van der Waals surface area (Å²) in [5.74, 6) is -0.0735. The number of carbonyl (C=O) groups is 1. The summed E-state index contributed by atoms with van der Waals surface area (Å²) in [6, 6.07) is 0. The number of hydrogen-bond acceptors (Lipinski definition) is 2. The van der Waals surface area contributed by atoms with Crippen LogP contribution in [0.4, 0.5) is 0 Å². The minimum absolute atomic E-state index is 0.0735. The van der Waals surface area contributed by atoms with Gasteiger partial charge in [0.25, 0.3) is 0 Å². The van der Waals surface area contributed by atoms with E-state index in [1.807, 2.05) is 0 Å². The van der Waals surface area contributed by atoms with E-state index in [0.717, 1.165) is 26.1 Å². The minimum atomic E-state index is -0.0735. The Bertz CT molecular complexity index is 192. The Balaban J connectivity index is 3.58. The third-order valence-corrected chi connectivity index (χ3v) is 2.50. The zero-order valence-corrected chi connectivity index (χ0v) is 10.8. The fourth-order valence-corrected chi connectivity index (χ4v) is 1.62. The molecule has 0 saturated heterocycles. The molecule has 0 aromatic rings. The SMILES string of the molecule is C=CC(=O)NCCCN(CCC)CCCC. The molecule has 3 nitrogen and oxygen atoms in total. The third-order valence-electron chi connectivity index (χ3n) is 2.50. The third kappa shape index (κ3) is 8.48. The highest BCUT2D eigenvalue weighted by atomic mass is 16.1. The van der Waals surface area contributed by atoms with Crippen molar-refractivity contribution in [3.05, 3.63) is 12.7 Å². The second-order valence-corrected chi connectivity index (χ2v) is 4.04. The first-order valence-corrected chi connectivity index (χ1v) is 6.37. The predicted octanol–water partition coefficient (Wildman–Crippen LogP) is 2.19. The summed E-state index contributed by atoms with van der Waals surface area (Å²) in [6.45, 7) is 12.0. The molecule has 16 heavy (non-hydrogen) atoms. The van der Waals surface area contributed by atoms with E-state index in [9.17, 15) is 4.79 Å². The Morgan fingerprint density at radius 1 is 1.19 bits per heavy atom. The molecule has 0 aromatic heterocycles. The van der Waals surface area contributed by atoms with Crippen LogP contribution >= 0.6 is 0 Å². The van der Waals surface area contributed by atoms with E-state index in [1.165, 1.54) is 31.9 Å². The second kappa shape index (κ2) is 10.7. The molecule has 0 aliphatic rings. The summed E-state index contributed by atoms with van der Waals surface area (Å²) in [5, 5.41) is 2.80. The van der Waals surface area contributed by atoms with Crippen molar-refractivity contribution >= 4 is 5.91 Å². The lowest BCUT2D eigenvalue weighted by atomic mass is 10.2. The summed E-state index contributed by atoms with van der Waals surface area (Å²) in [7, 11) is 0. The first-order chi connectivity index (χ1) is 7.74. The van der Waals surface area contributed by atoms with E-state index in [1.54, 1.807) is 0 Å². The molecule has 0 bridgehead atoms. The van der Waals surface area contributed by atoms with Crippen LogP contribution in [0.25, 0.3) is 0 Å². The maximum absolute atomic E-state index is 10.9. The van der Waals surface area contributed by atoms with Crippen LogP contribution in [-0.2, 0) is 4.79 Å². The van der Waals surface area contributed by atoms with Gasteiger partial charge < -0.3 is 10.2 Å². The minimum Gasteiger partial charge on any atom is -0.353 e. The molecule has 1 amide bonds. The summed E-state index contributed by atoms with van der Waals surface area (Å²) in [6.07, 6.45) is 6.04. The first kappa shape index (κ1) is 15.2. The van der Waals surface area contributed by atoms with Crippen LogP contribution in [0.2, 0.25) is 0 Å². The number of carbonyl (C=O) groups excluding carboxylic acids is 1. The zero-order chi connectivity index (χ0) is 12.2. The molecule has 0 heterocycles. The van der Waals surface area contributed by atoms with Gasteiger partial charge in [-0.05, 0) is 45.0 Å². The van der Waals surface area contributed by atoms with Crippen LogP contribution in [0.3, 0.4) is 0 Å². The van der Waals surface area contributed by atoms with Crippen LogP contribution in [-0.4, -0.2) is 37.0 Å². The number of amides is 1. The van der Waals surface area contributed by atoms with E-state index in [-0.39, 0.29) is 5.91 Å². The van der Waals surface area contributed by atoms with Gasteiger partial charge in [0.05, 0.1) is 0 Å². The topological polar surface area (TPSA) is 32.3 Å². The fourth-order valence-electron chi connectivity index (χ4n) is 1.62. The molecular weight excluding hydrogens is 200 g/mol. The molecule has 0 saturated carbocycles. The maximum atomic E-state index is 10.9. The molecule has 0 fully saturated rings. The molecule has 1 N–H and O–H groups in total. The Kier molecular flexibility index (Phi) is 10.1. The highest BCUT2D eigenvalue weighted by molar-refractivity contribution is 5.86. The first-order valence-electron chi connectivity index (χ1n) is 6.37. The molecule has 0 aliphatic carbocycles. The summed E-state index contributed by atoms with van der Waals surface area (Å²) in [4.78, 5) is 13.4. The van der Waals surface area contributed by atoms with Crippen molar-refractivity contribution in [2.75, 3.05) is 26.2 Å². The molecule has 0 aliphatic heterocycles. The van der Waals surface area contributed by atoms with Crippen LogP contribution < -0.4 is 5.32 Å². The van der Waals surface area contributed by atoms with Gasteiger partial charge in [-0.2, -0.15) is 0 Å². The highest BCUT2D eigenvalue weighted by Gasteiger charge is 2.02. The smallest absolute Gasteiger partial charge is 0.243 e. The number of unbranched alkanes of at least 4 members (excludes halogenated alkanes) is 1. The van der Waals surface area contributed by atoms with Gasteiger partial charge in [0.2, 0.25) is 5.91 Å². The molecule has 0 atom stereocenters. The normalized spacial score (nSPS) is 10.4. The van der Waals surface area contributed by atoms with Gasteiger partial charge in [0, 0.05) is 6.54 Å². The van der Waals surface area contributed by atoms with E-state index >= 15 is 0 Å². The quantitative estimate of drug-likeness (QED) is 0.457. The van der Waals surface area contributed by atoms with Crippen LogP contribution in [0.15, 0.2) is 12.7 Å². The van der Waals surface area contributed by atoms with Gasteiger partial charge in [-0.3, -0.25) is 4.79 Å².